The van der Waals surface area contributed by atoms with Gasteiger partial charge >= 0.3 is 0 Å². The Hall–Kier alpha value is -1.80. The number of halogens is 1. The average Bonchev–Trinajstić information content (AvgIpc) is 2.38. The van der Waals surface area contributed by atoms with Gasteiger partial charge in [0.05, 0.1) is 18.0 Å². The number of fused-ring (bicyclic) bond motifs is 3. The number of benzene rings is 2. The van der Waals surface area contributed by atoms with E-state index in [1.807, 2.05) is 36.4 Å². The molecule has 3 rings (SSSR count). The summed E-state index contributed by atoms with van der Waals surface area (Å²) in [5.41, 5.74) is 0.916. The van der Waals surface area contributed by atoms with E-state index in [1.54, 1.807) is 13.3 Å². The molecule has 17 heavy (non-hydrogen) atoms. The van der Waals surface area contributed by atoms with Crippen LogP contribution in [-0.2, 0) is 0 Å². The Labute approximate surface area is 104 Å². The summed E-state index contributed by atoms with van der Waals surface area (Å²) in [6.07, 6.45) is 1.75. The number of ether oxygens (including phenoxy) is 1. The molecule has 0 saturated carbocycles. The number of methoxy groups -OCH3 is 1. The number of nitrogens with zero attached hydrogens (tertiary/aromatic N) is 1. The molecule has 0 spiro atoms. The Balaban J connectivity index is 2.58. The van der Waals surface area contributed by atoms with E-state index in [4.69, 9.17) is 16.3 Å². The Kier molecular flexibility index (Phi) is 2.37. The van der Waals surface area contributed by atoms with Crippen molar-refractivity contribution in [2.75, 3.05) is 7.11 Å². The molecule has 3 heteroatoms. The van der Waals surface area contributed by atoms with Crippen LogP contribution in [0.2, 0.25) is 5.02 Å². The van der Waals surface area contributed by atoms with Crippen LogP contribution in [0.25, 0.3) is 21.7 Å². The van der Waals surface area contributed by atoms with Crippen LogP contribution in [0.3, 0.4) is 0 Å². The van der Waals surface area contributed by atoms with Crippen molar-refractivity contribution in [3.8, 4) is 5.75 Å². The van der Waals surface area contributed by atoms with Crippen LogP contribution in [0.5, 0.6) is 5.75 Å². The minimum atomic E-state index is 0.746. The highest BCUT2D eigenvalue weighted by atomic mass is 35.5. The fraction of sp³-hybridized carbons (Fsp3) is 0.0714. The number of pyridine rings is 1. The van der Waals surface area contributed by atoms with E-state index >= 15 is 0 Å². The van der Waals surface area contributed by atoms with Gasteiger partial charge in [0.25, 0.3) is 0 Å². The molecule has 0 radical (unpaired) electrons. The molecule has 0 fully saturated rings. The molecule has 2 nitrogen and oxygen atoms in total. The average molecular weight is 244 g/mol. The van der Waals surface area contributed by atoms with Gasteiger partial charge in [0.2, 0.25) is 0 Å². The van der Waals surface area contributed by atoms with Crippen molar-refractivity contribution in [2.24, 2.45) is 0 Å². The summed E-state index contributed by atoms with van der Waals surface area (Å²) in [5.74, 6) is 0.822. The van der Waals surface area contributed by atoms with Gasteiger partial charge in [0.15, 0.2) is 0 Å². The third kappa shape index (κ3) is 1.53. The topological polar surface area (TPSA) is 22.1 Å². The third-order valence-corrected chi connectivity index (χ3v) is 3.22. The summed E-state index contributed by atoms with van der Waals surface area (Å²) in [7, 11) is 1.66. The zero-order chi connectivity index (χ0) is 11.8. The molecule has 3 aromatic rings. The molecule has 0 atom stereocenters. The number of hydrogen-bond donors (Lipinski definition) is 0. The lowest BCUT2D eigenvalue weighted by Crippen LogP contribution is -1.88. The summed E-state index contributed by atoms with van der Waals surface area (Å²) >= 11 is 6.19. The van der Waals surface area contributed by atoms with Crippen molar-refractivity contribution in [1.29, 1.82) is 0 Å². The van der Waals surface area contributed by atoms with Crippen molar-refractivity contribution in [1.82, 2.24) is 4.98 Å². The van der Waals surface area contributed by atoms with Crippen LogP contribution in [-0.4, -0.2) is 12.1 Å². The lowest BCUT2D eigenvalue weighted by atomic mass is 10.0. The molecule has 0 N–H and O–H groups in total. The fourth-order valence-corrected chi connectivity index (χ4v) is 2.35. The zero-order valence-electron chi connectivity index (χ0n) is 9.27. The van der Waals surface area contributed by atoms with Gasteiger partial charge in [-0.25, -0.2) is 0 Å². The highest BCUT2D eigenvalue weighted by molar-refractivity contribution is 6.36. The number of aromatic nitrogens is 1. The van der Waals surface area contributed by atoms with Crippen LogP contribution < -0.4 is 4.74 Å². The highest BCUT2D eigenvalue weighted by Crippen LogP contribution is 2.34. The van der Waals surface area contributed by atoms with Crippen molar-refractivity contribution in [3.63, 3.8) is 0 Å². The molecular weight excluding hydrogens is 234 g/mol. The lowest BCUT2D eigenvalue weighted by molar-refractivity contribution is 0.420. The number of rotatable bonds is 1. The van der Waals surface area contributed by atoms with Crippen LogP contribution in [0, 0.1) is 0 Å². The van der Waals surface area contributed by atoms with E-state index in [0.29, 0.717) is 0 Å². The van der Waals surface area contributed by atoms with Gasteiger partial charge in [-0.2, -0.15) is 0 Å². The minimum absolute atomic E-state index is 0.746. The Morgan fingerprint density at radius 3 is 2.76 bits per heavy atom. The van der Waals surface area contributed by atoms with E-state index in [-0.39, 0.29) is 0 Å². The molecule has 0 aliphatic carbocycles. The maximum atomic E-state index is 6.19. The second-order valence-electron chi connectivity index (χ2n) is 3.81. The summed E-state index contributed by atoms with van der Waals surface area (Å²) in [6, 6.07) is 11.7. The molecule has 0 aliphatic heterocycles. The normalized spacial score (nSPS) is 10.9. The Morgan fingerprint density at radius 1 is 1.06 bits per heavy atom. The maximum absolute atomic E-state index is 6.19. The first-order chi connectivity index (χ1) is 8.31. The SMILES string of the molecule is COc1ccnc2ccc3c(Cl)cccc3c12. The van der Waals surface area contributed by atoms with E-state index in [2.05, 4.69) is 4.98 Å². The summed E-state index contributed by atoms with van der Waals surface area (Å²) in [6.45, 7) is 0. The van der Waals surface area contributed by atoms with Crippen LogP contribution in [0.4, 0.5) is 0 Å². The molecular formula is C14H10ClNO. The smallest absolute Gasteiger partial charge is 0.130 e. The summed E-state index contributed by atoms with van der Waals surface area (Å²) < 4.78 is 5.39. The number of hydrogen-bond acceptors (Lipinski definition) is 2. The van der Waals surface area contributed by atoms with Crippen LogP contribution >= 0.6 is 11.6 Å². The van der Waals surface area contributed by atoms with Crippen LogP contribution in [0.1, 0.15) is 0 Å². The predicted octanol–water partition coefficient (Wildman–Crippen LogP) is 4.05. The predicted molar refractivity (Wildman–Crippen MR) is 70.8 cm³/mol. The first-order valence-corrected chi connectivity index (χ1v) is 5.69. The lowest BCUT2D eigenvalue weighted by Gasteiger charge is -2.08. The van der Waals surface area contributed by atoms with E-state index in [0.717, 1.165) is 32.4 Å². The molecule has 84 valence electrons. The first-order valence-electron chi connectivity index (χ1n) is 5.31. The van der Waals surface area contributed by atoms with Gasteiger partial charge in [-0.3, -0.25) is 4.98 Å². The summed E-state index contributed by atoms with van der Waals surface area (Å²) in [5, 5.41) is 3.85. The Bertz CT molecular complexity index is 709. The molecule has 0 unspecified atom stereocenters. The second-order valence-corrected chi connectivity index (χ2v) is 4.22. The van der Waals surface area contributed by atoms with Gasteiger partial charge in [0.1, 0.15) is 5.75 Å². The van der Waals surface area contributed by atoms with Crippen molar-refractivity contribution < 1.29 is 4.74 Å². The van der Waals surface area contributed by atoms with Gasteiger partial charge < -0.3 is 4.74 Å². The first kappa shape index (κ1) is 10.4. The standard InChI is InChI=1S/C14H10ClNO/c1-17-13-7-8-16-12-6-5-9-10(14(12)13)3-2-4-11(9)15/h2-8H,1H3. The molecule has 0 saturated heterocycles. The fourth-order valence-electron chi connectivity index (χ4n) is 2.11. The quantitative estimate of drug-likeness (QED) is 0.602. The van der Waals surface area contributed by atoms with E-state index in [9.17, 15) is 0 Å². The molecule has 1 heterocycles. The zero-order valence-corrected chi connectivity index (χ0v) is 10.0. The monoisotopic (exact) mass is 243 g/mol. The van der Waals surface area contributed by atoms with Gasteiger partial charge in [-0.05, 0) is 23.6 Å². The third-order valence-electron chi connectivity index (χ3n) is 2.89. The second kappa shape index (κ2) is 3.90. The van der Waals surface area contributed by atoms with Crippen molar-refractivity contribution in [2.45, 2.75) is 0 Å². The highest BCUT2D eigenvalue weighted by Gasteiger charge is 2.08. The Morgan fingerprint density at radius 2 is 1.94 bits per heavy atom. The van der Waals surface area contributed by atoms with Gasteiger partial charge in [-0.1, -0.05) is 29.8 Å². The maximum Gasteiger partial charge on any atom is 0.130 e. The van der Waals surface area contributed by atoms with Crippen LogP contribution in [0.15, 0.2) is 42.6 Å². The van der Waals surface area contributed by atoms with Crippen molar-refractivity contribution >= 4 is 33.3 Å². The van der Waals surface area contributed by atoms with Gasteiger partial charge in [-0.15, -0.1) is 0 Å². The van der Waals surface area contributed by atoms with E-state index < -0.39 is 0 Å². The molecule has 0 bridgehead atoms. The van der Waals surface area contributed by atoms with Gasteiger partial charge in [0, 0.05) is 16.6 Å². The minimum Gasteiger partial charge on any atom is -0.496 e. The molecule has 0 amide bonds. The molecule has 0 aliphatic rings. The molecule has 1 aromatic heterocycles. The molecule has 2 aromatic carbocycles. The van der Waals surface area contributed by atoms with Crippen molar-refractivity contribution in [3.05, 3.63) is 47.6 Å². The summed E-state index contributed by atoms with van der Waals surface area (Å²) in [4.78, 5) is 4.35. The largest absolute Gasteiger partial charge is 0.496 e. The van der Waals surface area contributed by atoms with E-state index in [1.165, 1.54) is 0 Å².